The fourth-order valence-corrected chi connectivity index (χ4v) is 2.89. The van der Waals surface area contributed by atoms with Gasteiger partial charge in [0.1, 0.15) is 12.4 Å². The minimum atomic E-state index is -0.249. The van der Waals surface area contributed by atoms with Gasteiger partial charge in [-0.3, -0.25) is 0 Å². The summed E-state index contributed by atoms with van der Waals surface area (Å²) in [4.78, 5) is 8.88. The highest BCUT2D eigenvalue weighted by atomic mass is 19.1. The van der Waals surface area contributed by atoms with Crippen molar-refractivity contribution in [2.45, 2.75) is 6.54 Å². The maximum absolute atomic E-state index is 13.4. The predicted octanol–water partition coefficient (Wildman–Crippen LogP) is 1.96. The van der Waals surface area contributed by atoms with E-state index in [1.807, 2.05) is 16.8 Å². The van der Waals surface area contributed by atoms with Crippen LogP contribution in [0.1, 0.15) is 5.89 Å². The molecule has 7 heteroatoms. The predicted molar refractivity (Wildman–Crippen MR) is 85.0 cm³/mol. The minimum Gasteiger partial charge on any atom is -0.338 e. The Morgan fingerprint density at radius 2 is 2.00 bits per heavy atom. The average molecular weight is 315 g/mol. The number of likely N-dealkylation sites (N-methyl/N-ethyl adjacent to an activating group) is 1. The van der Waals surface area contributed by atoms with E-state index in [4.69, 9.17) is 4.52 Å². The van der Waals surface area contributed by atoms with Crippen LogP contribution in [-0.2, 0) is 6.54 Å². The van der Waals surface area contributed by atoms with E-state index in [0.29, 0.717) is 18.4 Å². The maximum Gasteiger partial charge on any atom is 0.266 e. The molecule has 120 valence electrons. The number of hydrogen-bond donors (Lipinski definition) is 0. The Balaban J connectivity index is 1.54. The zero-order valence-electron chi connectivity index (χ0n) is 12.9. The monoisotopic (exact) mass is 315 g/mol. The van der Waals surface area contributed by atoms with Crippen molar-refractivity contribution in [3.8, 4) is 0 Å². The first-order chi connectivity index (χ1) is 11.2. The fraction of sp³-hybridized carbons (Fsp3) is 0.375. The molecule has 1 aliphatic heterocycles. The lowest BCUT2D eigenvalue weighted by molar-refractivity contribution is 0.308. The van der Waals surface area contributed by atoms with Crippen molar-refractivity contribution in [1.82, 2.24) is 19.6 Å². The van der Waals surface area contributed by atoms with Crippen molar-refractivity contribution >= 4 is 16.9 Å². The summed E-state index contributed by atoms with van der Waals surface area (Å²) in [5.74, 6) is 0.914. The molecule has 0 saturated carbocycles. The summed E-state index contributed by atoms with van der Waals surface area (Å²) < 4.78 is 20.7. The number of halogens is 1. The topological polar surface area (TPSA) is 50.3 Å². The van der Waals surface area contributed by atoms with Gasteiger partial charge >= 0.3 is 0 Å². The second kappa shape index (κ2) is 5.66. The molecule has 1 aromatic carbocycles. The van der Waals surface area contributed by atoms with Gasteiger partial charge in [0.05, 0.1) is 5.52 Å². The Kier molecular flexibility index (Phi) is 3.49. The smallest absolute Gasteiger partial charge is 0.266 e. The number of anilines is 1. The lowest BCUT2D eigenvalue weighted by Gasteiger charge is -2.31. The van der Waals surface area contributed by atoms with E-state index in [1.54, 1.807) is 6.07 Å². The van der Waals surface area contributed by atoms with Crippen LogP contribution in [0.15, 0.2) is 35.0 Å². The molecule has 3 heterocycles. The summed E-state index contributed by atoms with van der Waals surface area (Å²) in [6.07, 6.45) is 1.91. The van der Waals surface area contributed by atoms with Gasteiger partial charge in [-0.25, -0.2) is 4.39 Å². The van der Waals surface area contributed by atoms with Crippen LogP contribution in [-0.4, -0.2) is 52.8 Å². The quantitative estimate of drug-likeness (QED) is 0.739. The Bertz CT molecular complexity index is 819. The molecule has 0 atom stereocenters. The summed E-state index contributed by atoms with van der Waals surface area (Å²) in [5, 5.41) is 5.07. The van der Waals surface area contributed by atoms with Crippen LogP contribution in [0.25, 0.3) is 10.9 Å². The summed E-state index contributed by atoms with van der Waals surface area (Å²) in [5.41, 5.74) is 0.823. The van der Waals surface area contributed by atoms with Crippen LogP contribution in [0, 0.1) is 5.82 Å². The number of piperazine rings is 1. The molecule has 0 N–H and O–H groups in total. The number of rotatable bonds is 3. The van der Waals surface area contributed by atoms with E-state index >= 15 is 0 Å². The molecule has 23 heavy (non-hydrogen) atoms. The van der Waals surface area contributed by atoms with Crippen LogP contribution in [0.4, 0.5) is 10.3 Å². The first-order valence-corrected chi connectivity index (χ1v) is 7.69. The SMILES string of the molecule is CN1CCN(c2noc(Cn3ccc4ccc(F)cc43)n2)CC1. The van der Waals surface area contributed by atoms with Gasteiger partial charge in [-0.2, -0.15) is 4.98 Å². The molecule has 1 aliphatic rings. The zero-order valence-corrected chi connectivity index (χ0v) is 12.9. The van der Waals surface area contributed by atoms with Crippen LogP contribution in [0.5, 0.6) is 0 Å². The molecule has 1 saturated heterocycles. The van der Waals surface area contributed by atoms with Crippen molar-refractivity contribution in [1.29, 1.82) is 0 Å². The van der Waals surface area contributed by atoms with E-state index in [0.717, 1.165) is 37.1 Å². The van der Waals surface area contributed by atoms with Crippen molar-refractivity contribution in [2.75, 3.05) is 38.1 Å². The molecular weight excluding hydrogens is 297 g/mol. The minimum absolute atomic E-state index is 0.249. The van der Waals surface area contributed by atoms with Gasteiger partial charge in [0.2, 0.25) is 5.89 Å². The lowest BCUT2D eigenvalue weighted by Crippen LogP contribution is -2.44. The number of nitrogens with zero attached hydrogens (tertiary/aromatic N) is 5. The molecule has 2 aromatic heterocycles. The zero-order chi connectivity index (χ0) is 15.8. The Hall–Kier alpha value is -2.41. The number of aromatic nitrogens is 3. The van der Waals surface area contributed by atoms with Gasteiger partial charge in [-0.05, 0) is 41.9 Å². The van der Waals surface area contributed by atoms with Crippen LogP contribution in [0.2, 0.25) is 0 Å². The van der Waals surface area contributed by atoms with E-state index in [9.17, 15) is 4.39 Å². The molecule has 0 aliphatic carbocycles. The Morgan fingerprint density at radius 1 is 1.17 bits per heavy atom. The molecule has 0 unspecified atom stereocenters. The number of hydrogen-bond acceptors (Lipinski definition) is 5. The summed E-state index contributed by atoms with van der Waals surface area (Å²) in [6.45, 7) is 4.21. The Morgan fingerprint density at radius 3 is 2.83 bits per heavy atom. The third kappa shape index (κ3) is 2.79. The summed E-state index contributed by atoms with van der Waals surface area (Å²) in [7, 11) is 2.11. The second-order valence-electron chi connectivity index (χ2n) is 5.93. The highest BCUT2D eigenvalue weighted by molar-refractivity contribution is 5.80. The molecule has 3 aromatic rings. The second-order valence-corrected chi connectivity index (χ2v) is 5.93. The van der Waals surface area contributed by atoms with Gasteiger partial charge in [0.25, 0.3) is 5.95 Å². The van der Waals surface area contributed by atoms with Gasteiger partial charge < -0.3 is 18.9 Å². The largest absolute Gasteiger partial charge is 0.338 e. The standard InChI is InChI=1S/C16H18FN5O/c1-20-6-8-21(9-7-20)16-18-15(23-19-16)11-22-5-4-12-2-3-13(17)10-14(12)22/h2-5,10H,6-9,11H2,1H3. The molecule has 0 radical (unpaired) electrons. The molecule has 0 spiro atoms. The van der Waals surface area contributed by atoms with Gasteiger partial charge in [0, 0.05) is 32.4 Å². The molecule has 4 rings (SSSR count). The third-order valence-electron chi connectivity index (χ3n) is 4.29. The first-order valence-electron chi connectivity index (χ1n) is 7.69. The fourth-order valence-electron chi connectivity index (χ4n) is 2.89. The maximum atomic E-state index is 13.4. The number of fused-ring (bicyclic) bond motifs is 1. The highest BCUT2D eigenvalue weighted by Gasteiger charge is 2.19. The van der Waals surface area contributed by atoms with E-state index in [1.165, 1.54) is 12.1 Å². The van der Waals surface area contributed by atoms with E-state index < -0.39 is 0 Å². The molecule has 0 amide bonds. The molecule has 1 fully saturated rings. The van der Waals surface area contributed by atoms with E-state index in [-0.39, 0.29) is 5.82 Å². The number of benzene rings is 1. The van der Waals surface area contributed by atoms with Crippen LogP contribution in [0.3, 0.4) is 0 Å². The van der Waals surface area contributed by atoms with Gasteiger partial charge in [-0.15, -0.1) is 0 Å². The third-order valence-corrected chi connectivity index (χ3v) is 4.29. The van der Waals surface area contributed by atoms with Gasteiger partial charge in [0.15, 0.2) is 0 Å². The van der Waals surface area contributed by atoms with Crippen LogP contribution < -0.4 is 4.90 Å². The molecule has 0 bridgehead atoms. The normalized spacial score (nSPS) is 16.3. The highest BCUT2D eigenvalue weighted by Crippen LogP contribution is 2.19. The van der Waals surface area contributed by atoms with Crippen LogP contribution >= 0.6 is 0 Å². The summed E-state index contributed by atoms with van der Waals surface area (Å²) in [6, 6.07) is 6.70. The Labute approximate surface area is 133 Å². The van der Waals surface area contributed by atoms with E-state index in [2.05, 4.69) is 27.0 Å². The molecular formula is C16H18FN5O. The van der Waals surface area contributed by atoms with Gasteiger partial charge in [-0.1, -0.05) is 0 Å². The van der Waals surface area contributed by atoms with Crippen molar-refractivity contribution in [3.63, 3.8) is 0 Å². The van der Waals surface area contributed by atoms with Crippen molar-refractivity contribution < 1.29 is 8.91 Å². The summed E-state index contributed by atoms with van der Waals surface area (Å²) >= 11 is 0. The first kappa shape index (κ1) is 14.2. The van der Waals surface area contributed by atoms with Crippen molar-refractivity contribution in [2.24, 2.45) is 0 Å². The average Bonchev–Trinajstić information content (AvgIpc) is 3.16. The molecule has 6 nitrogen and oxygen atoms in total. The van der Waals surface area contributed by atoms with Crippen molar-refractivity contribution in [3.05, 3.63) is 42.2 Å². The lowest BCUT2D eigenvalue weighted by atomic mass is 10.2.